The topological polar surface area (TPSA) is 0 Å². The van der Waals surface area contributed by atoms with Gasteiger partial charge in [0, 0.05) is 0 Å². The van der Waals surface area contributed by atoms with Crippen LogP contribution >= 0.6 is 12.4 Å². The molecule has 0 fully saturated rings. The van der Waals surface area contributed by atoms with Crippen LogP contribution in [0.4, 0.5) is 0 Å². The third-order valence-corrected chi connectivity index (χ3v) is 7.24. The molecule has 0 amide bonds. The molecule has 0 aliphatic heterocycles. The molecule has 0 aromatic carbocycles. The number of rotatable bonds is 6. The average molecular weight is 235 g/mol. The van der Waals surface area contributed by atoms with Crippen molar-refractivity contribution in [3.05, 3.63) is 0 Å². The van der Waals surface area contributed by atoms with Gasteiger partial charge < -0.3 is 0 Å². The summed E-state index contributed by atoms with van der Waals surface area (Å²) >= 11 is -0.407. The van der Waals surface area contributed by atoms with Crippen molar-refractivity contribution in [1.29, 1.82) is 0 Å². The Morgan fingerprint density at radius 3 is 1.00 bits per heavy atom. The quantitative estimate of drug-likeness (QED) is 0.575. The average Bonchev–Trinajstić information content (AvgIpc) is 1.80. The second-order valence-electron chi connectivity index (χ2n) is 5.75. The summed E-state index contributed by atoms with van der Waals surface area (Å²) in [6.45, 7) is 14.3. The first kappa shape index (κ1) is 17.2. The van der Waals surface area contributed by atoms with E-state index in [1.54, 1.807) is 15.8 Å². The second-order valence-corrected chi connectivity index (χ2v) is 8.90. The molecule has 0 aromatic heterocycles. The van der Waals surface area contributed by atoms with Gasteiger partial charge in [-0.1, -0.05) is 75.1 Å². The fourth-order valence-electron chi connectivity index (χ4n) is 2.29. The van der Waals surface area contributed by atoms with Gasteiger partial charge in [-0.3, -0.25) is 0 Å². The Labute approximate surface area is 102 Å². The predicted molar refractivity (Wildman–Crippen MR) is 71.9 cm³/mol. The normalized spacial score (nSPS) is 10.9. The summed E-state index contributed by atoms with van der Waals surface area (Å²) in [5.74, 6) is 2.78. The first-order chi connectivity index (χ1) is 5.91. The van der Waals surface area contributed by atoms with Crippen LogP contribution in [0.3, 0.4) is 0 Å². The molecule has 0 saturated heterocycles. The molecule has 0 aliphatic carbocycles. The van der Waals surface area contributed by atoms with Crippen LogP contribution in [-0.2, 0) is 0 Å². The van der Waals surface area contributed by atoms with E-state index in [2.05, 4.69) is 41.5 Å². The van der Waals surface area contributed by atoms with Crippen LogP contribution in [0.25, 0.3) is 0 Å². The van der Waals surface area contributed by atoms with Gasteiger partial charge >= 0.3 is 0 Å². The van der Waals surface area contributed by atoms with Crippen molar-refractivity contribution in [2.24, 2.45) is 17.8 Å². The molecule has 0 bridgehead atoms. The molecular weight excluding hydrogens is 207 g/mol. The van der Waals surface area contributed by atoms with Crippen LogP contribution in [-0.4, -0.2) is 14.1 Å². The van der Waals surface area contributed by atoms with E-state index < -0.39 is 14.1 Å². The smallest absolute Gasteiger partial charge is 0.147 e. The molecule has 2 heteroatoms. The Hall–Kier alpha value is 0.822. The van der Waals surface area contributed by atoms with Gasteiger partial charge in [0.25, 0.3) is 14.1 Å². The van der Waals surface area contributed by atoms with Gasteiger partial charge in [0.2, 0.25) is 0 Å². The third kappa shape index (κ3) is 10.9. The van der Waals surface area contributed by atoms with E-state index in [0.717, 1.165) is 17.8 Å². The molecule has 0 nitrogen and oxygen atoms in total. The van der Waals surface area contributed by atoms with E-state index >= 15 is 0 Å². The molecule has 0 N–H and O–H groups in total. The SMILES string of the molecule is CC(C)[CH2][Al]([CH2]C(C)C)[CH2]C(C)C.Cl. The monoisotopic (exact) mass is 234 g/mol. The fraction of sp³-hybridized carbons (Fsp3) is 1.00. The largest absolute Gasteiger partial charge is 0.262 e. The van der Waals surface area contributed by atoms with Gasteiger partial charge in [-0.05, 0) is 0 Å². The molecule has 86 valence electrons. The van der Waals surface area contributed by atoms with Gasteiger partial charge in [-0.25, -0.2) is 0 Å². The lowest BCUT2D eigenvalue weighted by Crippen LogP contribution is -2.19. The summed E-state index contributed by atoms with van der Waals surface area (Å²) < 4.78 is 0. The van der Waals surface area contributed by atoms with Crippen LogP contribution in [0, 0.1) is 17.8 Å². The molecule has 0 saturated carbocycles. The fourth-order valence-corrected chi connectivity index (χ4v) is 6.87. The zero-order chi connectivity index (χ0) is 10.4. The van der Waals surface area contributed by atoms with Gasteiger partial charge in [-0.15, -0.1) is 12.4 Å². The Morgan fingerprint density at radius 1 is 0.643 bits per heavy atom. The Bertz CT molecular complexity index is 97.7. The lowest BCUT2D eigenvalue weighted by Gasteiger charge is -2.17. The van der Waals surface area contributed by atoms with E-state index in [0.29, 0.717) is 0 Å². The molecule has 0 heterocycles. The highest BCUT2D eigenvalue weighted by molar-refractivity contribution is 6.58. The number of hydrogen-bond donors (Lipinski definition) is 0. The van der Waals surface area contributed by atoms with Crippen molar-refractivity contribution in [3.8, 4) is 0 Å². The van der Waals surface area contributed by atoms with Crippen LogP contribution in [0.5, 0.6) is 0 Å². The Kier molecular flexibility index (Phi) is 11.2. The zero-order valence-electron chi connectivity index (χ0n) is 10.8. The maximum absolute atomic E-state index is 2.38. The highest BCUT2D eigenvalue weighted by atomic mass is 35.5. The summed E-state index contributed by atoms with van der Waals surface area (Å²) in [6, 6.07) is 0. The van der Waals surface area contributed by atoms with Crippen LogP contribution in [0.1, 0.15) is 41.5 Å². The molecule has 0 radical (unpaired) electrons. The summed E-state index contributed by atoms with van der Waals surface area (Å²) in [5, 5.41) is 4.66. The molecule has 0 aromatic rings. The first-order valence-corrected chi connectivity index (χ1v) is 8.36. The molecule has 0 atom stereocenters. The minimum atomic E-state index is -0.407. The number of halogens is 1. The van der Waals surface area contributed by atoms with Crippen LogP contribution in [0.2, 0.25) is 15.8 Å². The highest BCUT2D eigenvalue weighted by Crippen LogP contribution is 2.20. The van der Waals surface area contributed by atoms with Gasteiger partial charge in [0.05, 0.1) is 0 Å². The maximum Gasteiger partial charge on any atom is 0.262 e. The Morgan fingerprint density at radius 2 is 0.857 bits per heavy atom. The second kappa shape index (κ2) is 9.08. The van der Waals surface area contributed by atoms with Crippen molar-refractivity contribution >= 4 is 26.6 Å². The van der Waals surface area contributed by atoms with E-state index in [-0.39, 0.29) is 12.4 Å². The van der Waals surface area contributed by atoms with Crippen LogP contribution < -0.4 is 0 Å². The summed E-state index contributed by atoms with van der Waals surface area (Å²) in [5.41, 5.74) is 0. The molecule has 0 rings (SSSR count). The van der Waals surface area contributed by atoms with Crippen molar-refractivity contribution in [1.82, 2.24) is 0 Å². The standard InChI is InChI=1S/3C4H9.Al.ClH/c3*1-4(2)3;;/h3*4H,1H2,2-3H3;;1H. The first-order valence-electron chi connectivity index (χ1n) is 5.91. The molecule has 0 unspecified atom stereocenters. The van der Waals surface area contributed by atoms with Crippen molar-refractivity contribution in [2.45, 2.75) is 57.4 Å². The summed E-state index contributed by atoms with van der Waals surface area (Å²) in [4.78, 5) is 0. The minimum absolute atomic E-state index is 0. The lowest BCUT2D eigenvalue weighted by atomic mass is 10.2. The van der Waals surface area contributed by atoms with E-state index in [9.17, 15) is 0 Å². The van der Waals surface area contributed by atoms with Gasteiger partial charge in [0.15, 0.2) is 0 Å². The van der Waals surface area contributed by atoms with E-state index in [4.69, 9.17) is 0 Å². The maximum atomic E-state index is 2.38. The molecular formula is C12H28AlCl. The van der Waals surface area contributed by atoms with Crippen molar-refractivity contribution in [2.75, 3.05) is 0 Å². The van der Waals surface area contributed by atoms with E-state index in [1.807, 2.05) is 0 Å². The third-order valence-electron chi connectivity index (χ3n) is 2.41. The number of hydrogen-bond acceptors (Lipinski definition) is 0. The predicted octanol–water partition coefficient (Wildman–Crippen LogP) is 4.87. The van der Waals surface area contributed by atoms with Gasteiger partial charge in [-0.2, -0.15) is 0 Å². The van der Waals surface area contributed by atoms with Crippen molar-refractivity contribution < 1.29 is 0 Å². The minimum Gasteiger partial charge on any atom is -0.147 e. The van der Waals surface area contributed by atoms with E-state index in [1.165, 1.54) is 0 Å². The highest BCUT2D eigenvalue weighted by Gasteiger charge is 2.20. The summed E-state index contributed by atoms with van der Waals surface area (Å²) in [7, 11) is 0. The zero-order valence-corrected chi connectivity index (χ0v) is 12.8. The summed E-state index contributed by atoms with van der Waals surface area (Å²) in [6.07, 6.45) is 0. The van der Waals surface area contributed by atoms with Crippen LogP contribution in [0.15, 0.2) is 0 Å². The Balaban J connectivity index is 0. The molecule has 0 spiro atoms. The molecule has 14 heavy (non-hydrogen) atoms. The molecule has 0 aliphatic rings. The lowest BCUT2D eigenvalue weighted by molar-refractivity contribution is 0.659. The van der Waals surface area contributed by atoms with Crippen molar-refractivity contribution in [3.63, 3.8) is 0 Å². The van der Waals surface area contributed by atoms with Gasteiger partial charge in [0.1, 0.15) is 0 Å².